The molecule has 0 aromatic heterocycles. The number of rotatable bonds is 13. The average Bonchev–Trinajstić information content (AvgIpc) is 3.14. The van der Waals surface area contributed by atoms with Gasteiger partial charge < -0.3 is 0 Å². The number of hydrogen-bond donors (Lipinski definition) is 0. The van der Waals surface area contributed by atoms with E-state index in [9.17, 15) is 0 Å². The van der Waals surface area contributed by atoms with Crippen LogP contribution < -0.4 is 31.8 Å². The van der Waals surface area contributed by atoms with Crippen molar-refractivity contribution in [3.8, 4) is 0 Å². The molecule has 0 aliphatic heterocycles. The molecule has 0 aliphatic rings. The molecular formula is C42H41P3. The second-order valence-corrected chi connectivity index (χ2v) is 18.2. The van der Waals surface area contributed by atoms with Gasteiger partial charge in [0.1, 0.15) is 0 Å². The summed E-state index contributed by atoms with van der Waals surface area (Å²) in [5, 5.41) is 8.86. The van der Waals surface area contributed by atoms with Gasteiger partial charge in [0.2, 0.25) is 0 Å². The third kappa shape index (κ3) is 8.07. The van der Waals surface area contributed by atoms with Crippen molar-refractivity contribution in [1.82, 2.24) is 0 Å². The maximum atomic E-state index is 2.47. The van der Waals surface area contributed by atoms with E-state index in [0.29, 0.717) is 0 Å². The smallest absolute Gasteiger partial charge is 0.0164 e. The lowest BCUT2D eigenvalue weighted by Gasteiger charge is -2.42. The van der Waals surface area contributed by atoms with Gasteiger partial charge in [-0.3, -0.25) is 0 Å². The highest BCUT2D eigenvalue weighted by molar-refractivity contribution is 7.75. The summed E-state index contributed by atoms with van der Waals surface area (Å²) in [5.41, 5.74) is 0.117. The lowest BCUT2D eigenvalue weighted by atomic mass is 9.92. The molecule has 6 rings (SSSR count). The molecule has 0 saturated carbocycles. The lowest BCUT2D eigenvalue weighted by Crippen LogP contribution is -2.38. The van der Waals surface area contributed by atoms with Gasteiger partial charge in [-0.05, 0) is 85.9 Å². The SMILES string of the molecule is CCC(CP(c1ccccc1)c1ccccc1)(CP(c1ccccc1)c1ccccc1)CP(c1ccccc1)c1ccccc1. The van der Waals surface area contributed by atoms with E-state index in [-0.39, 0.29) is 5.41 Å². The third-order valence-electron chi connectivity index (χ3n) is 8.64. The van der Waals surface area contributed by atoms with E-state index >= 15 is 0 Å². The summed E-state index contributed by atoms with van der Waals surface area (Å²) < 4.78 is 0. The maximum absolute atomic E-state index is 2.47. The van der Waals surface area contributed by atoms with Crippen molar-refractivity contribution in [3.05, 3.63) is 182 Å². The van der Waals surface area contributed by atoms with Crippen molar-refractivity contribution in [3.63, 3.8) is 0 Å². The van der Waals surface area contributed by atoms with Gasteiger partial charge in [-0.15, -0.1) is 0 Å². The Hall–Kier alpha value is -3.39. The Morgan fingerprint density at radius 3 is 0.644 bits per heavy atom. The van der Waals surface area contributed by atoms with Crippen LogP contribution in [0.4, 0.5) is 0 Å². The van der Waals surface area contributed by atoms with Crippen LogP contribution in [0.2, 0.25) is 0 Å². The maximum Gasteiger partial charge on any atom is -0.0164 e. The molecule has 3 heteroatoms. The molecule has 6 aromatic carbocycles. The molecule has 0 spiro atoms. The minimum atomic E-state index is -0.561. The summed E-state index contributed by atoms with van der Waals surface area (Å²) in [5.74, 6) is 0. The summed E-state index contributed by atoms with van der Waals surface area (Å²) in [6.45, 7) is 2.47. The predicted molar refractivity (Wildman–Crippen MR) is 205 cm³/mol. The van der Waals surface area contributed by atoms with Crippen LogP contribution in [0.5, 0.6) is 0 Å². The monoisotopic (exact) mass is 638 g/mol. The molecule has 0 unspecified atom stereocenters. The summed E-state index contributed by atoms with van der Waals surface area (Å²) in [6.07, 6.45) is 4.65. The Bertz CT molecular complexity index is 1370. The molecule has 0 heterocycles. The topological polar surface area (TPSA) is 0 Å². The molecule has 0 aliphatic carbocycles. The molecule has 0 bridgehead atoms. The van der Waals surface area contributed by atoms with Gasteiger partial charge in [0, 0.05) is 0 Å². The molecule has 6 aromatic rings. The van der Waals surface area contributed by atoms with Crippen molar-refractivity contribution >= 4 is 55.6 Å². The van der Waals surface area contributed by atoms with Gasteiger partial charge in [0.05, 0.1) is 0 Å². The van der Waals surface area contributed by atoms with Crippen LogP contribution in [0, 0.1) is 5.41 Å². The van der Waals surface area contributed by atoms with Crippen molar-refractivity contribution in [2.45, 2.75) is 13.3 Å². The van der Waals surface area contributed by atoms with Gasteiger partial charge in [-0.25, -0.2) is 0 Å². The summed E-state index contributed by atoms with van der Waals surface area (Å²) >= 11 is 0. The minimum Gasteiger partial charge on any atom is -0.0648 e. The van der Waals surface area contributed by atoms with Crippen LogP contribution >= 0.6 is 23.8 Å². The second kappa shape index (κ2) is 15.7. The van der Waals surface area contributed by atoms with E-state index < -0.39 is 23.8 Å². The van der Waals surface area contributed by atoms with Crippen molar-refractivity contribution in [2.24, 2.45) is 5.41 Å². The molecule has 0 fully saturated rings. The number of hydrogen-bond acceptors (Lipinski definition) is 0. The Labute approximate surface area is 273 Å². The fourth-order valence-corrected chi connectivity index (χ4v) is 15.2. The largest absolute Gasteiger partial charge is 0.0648 e. The molecular weight excluding hydrogens is 597 g/mol. The van der Waals surface area contributed by atoms with Crippen LogP contribution in [0.25, 0.3) is 0 Å². The van der Waals surface area contributed by atoms with Crippen molar-refractivity contribution in [2.75, 3.05) is 18.5 Å². The molecule has 0 atom stereocenters. The van der Waals surface area contributed by atoms with E-state index in [4.69, 9.17) is 0 Å². The molecule has 0 nitrogen and oxygen atoms in total. The quantitative estimate of drug-likeness (QED) is 0.111. The zero-order valence-corrected chi connectivity index (χ0v) is 28.7. The van der Waals surface area contributed by atoms with Crippen LogP contribution in [0.1, 0.15) is 13.3 Å². The van der Waals surface area contributed by atoms with Gasteiger partial charge in [-0.1, -0.05) is 189 Å². The van der Waals surface area contributed by atoms with E-state index in [1.54, 1.807) is 0 Å². The average molecular weight is 639 g/mol. The Balaban J connectivity index is 1.51. The molecule has 0 amide bonds. The van der Waals surface area contributed by atoms with Gasteiger partial charge in [0.25, 0.3) is 0 Å². The molecule has 0 N–H and O–H groups in total. The van der Waals surface area contributed by atoms with E-state index in [1.807, 2.05) is 0 Å². The van der Waals surface area contributed by atoms with Crippen molar-refractivity contribution in [1.29, 1.82) is 0 Å². The Morgan fingerprint density at radius 1 is 0.311 bits per heavy atom. The normalized spacial score (nSPS) is 11.7. The predicted octanol–water partition coefficient (Wildman–Crippen LogP) is 8.78. The fourth-order valence-electron chi connectivity index (χ4n) is 6.13. The molecule has 0 radical (unpaired) electrons. The first-order valence-electron chi connectivity index (χ1n) is 15.9. The van der Waals surface area contributed by atoms with Crippen molar-refractivity contribution < 1.29 is 0 Å². The highest BCUT2D eigenvalue weighted by atomic mass is 31.1. The van der Waals surface area contributed by atoms with Crippen LogP contribution in [-0.2, 0) is 0 Å². The molecule has 45 heavy (non-hydrogen) atoms. The van der Waals surface area contributed by atoms with Crippen LogP contribution in [-0.4, -0.2) is 18.5 Å². The fraction of sp³-hybridized carbons (Fsp3) is 0.143. The zero-order valence-electron chi connectivity index (χ0n) is 26.0. The van der Waals surface area contributed by atoms with Crippen LogP contribution in [0.15, 0.2) is 182 Å². The summed E-state index contributed by atoms with van der Waals surface area (Å²) in [4.78, 5) is 0. The highest BCUT2D eigenvalue weighted by Gasteiger charge is 2.38. The van der Waals surface area contributed by atoms with E-state index in [1.165, 1.54) is 50.3 Å². The summed E-state index contributed by atoms with van der Waals surface area (Å²) in [7, 11) is -1.68. The van der Waals surface area contributed by atoms with Gasteiger partial charge >= 0.3 is 0 Å². The second-order valence-electron chi connectivity index (χ2n) is 11.6. The molecule has 0 saturated heterocycles. The highest BCUT2D eigenvalue weighted by Crippen LogP contribution is 2.53. The van der Waals surface area contributed by atoms with E-state index in [2.05, 4.69) is 189 Å². The minimum absolute atomic E-state index is 0.117. The standard InChI is InChI=1S/C42H41P3/c1-2-42(33-43(36-21-9-3-10-22-36)37-23-11-4-12-24-37,34-44(38-25-13-5-14-26-38)39-27-15-6-16-28-39)35-45(40-29-17-7-18-30-40)41-31-19-8-20-32-41/h3-32H,2,33-35H2,1H3. The van der Waals surface area contributed by atoms with Gasteiger partial charge in [-0.2, -0.15) is 0 Å². The lowest BCUT2D eigenvalue weighted by molar-refractivity contribution is 0.422. The summed E-state index contributed by atoms with van der Waals surface area (Å²) in [6, 6.07) is 68.1. The Kier molecular flexibility index (Phi) is 11.1. The first-order chi connectivity index (χ1) is 22.2. The molecule has 224 valence electrons. The third-order valence-corrected chi connectivity index (χ3v) is 17.1. The van der Waals surface area contributed by atoms with E-state index in [0.717, 1.165) is 6.42 Å². The first kappa shape index (κ1) is 31.6. The van der Waals surface area contributed by atoms with Crippen LogP contribution in [0.3, 0.4) is 0 Å². The number of benzene rings is 6. The Morgan fingerprint density at radius 2 is 0.489 bits per heavy atom. The zero-order chi connectivity index (χ0) is 30.7. The van der Waals surface area contributed by atoms with Gasteiger partial charge in [0.15, 0.2) is 0 Å². The first-order valence-corrected chi connectivity index (χ1v) is 20.5.